The summed E-state index contributed by atoms with van der Waals surface area (Å²) in [5.74, 6) is 0.158. The molecule has 4 rings (SSSR count). The Bertz CT molecular complexity index is 747. The molecule has 1 aliphatic carbocycles. The fourth-order valence-corrected chi connectivity index (χ4v) is 5.59. The predicted octanol–water partition coefficient (Wildman–Crippen LogP) is 3.17. The molecule has 3 aliphatic rings. The Morgan fingerprint density at radius 1 is 1.14 bits per heavy atom. The fraction of sp³-hybridized carbons (Fsp3) is 0.636. The zero-order chi connectivity index (χ0) is 19.7. The maximum Gasteiger partial charge on any atom is 0.248 e. The molecule has 1 atom stereocenters. The number of aliphatic hydroxyl groups is 1. The number of nitrogens with zero attached hydrogens (tertiary/aromatic N) is 2. The van der Waals surface area contributed by atoms with Crippen LogP contribution in [-0.2, 0) is 16.0 Å². The predicted molar refractivity (Wildman–Crippen MR) is 108 cm³/mol. The van der Waals surface area contributed by atoms with Crippen LogP contribution in [0.25, 0.3) is 0 Å². The van der Waals surface area contributed by atoms with Crippen LogP contribution in [0.3, 0.4) is 0 Å². The molecule has 1 N–H and O–H groups in total. The molecule has 0 radical (unpaired) electrons. The zero-order valence-electron chi connectivity index (χ0n) is 16.3. The third kappa shape index (κ3) is 3.67. The smallest absolute Gasteiger partial charge is 0.248 e. The highest BCUT2D eigenvalue weighted by Gasteiger charge is 2.53. The van der Waals surface area contributed by atoms with Crippen LogP contribution in [0.4, 0.5) is 0 Å². The molecule has 1 saturated carbocycles. The number of benzene rings is 1. The first-order chi connectivity index (χ1) is 13.5. The van der Waals surface area contributed by atoms with Gasteiger partial charge in [-0.3, -0.25) is 9.59 Å². The van der Waals surface area contributed by atoms with Gasteiger partial charge in [0, 0.05) is 24.2 Å². The van der Waals surface area contributed by atoms with Crippen LogP contribution >= 0.6 is 11.6 Å². The molecule has 5 nitrogen and oxygen atoms in total. The van der Waals surface area contributed by atoms with E-state index in [0.717, 1.165) is 63.5 Å². The molecule has 2 saturated heterocycles. The molecule has 1 aromatic carbocycles. The van der Waals surface area contributed by atoms with Crippen molar-refractivity contribution in [2.45, 2.75) is 75.5 Å². The Hall–Kier alpha value is -1.59. The minimum Gasteiger partial charge on any atom is -0.393 e. The van der Waals surface area contributed by atoms with E-state index in [4.69, 9.17) is 11.6 Å². The normalized spacial score (nSPS) is 30.9. The highest BCUT2D eigenvalue weighted by Crippen LogP contribution is 2.40. The van der Waals surface area contributed by atoms with Crippen molar-refractivity contribution >= 4 is 23.4 Å². The number of likely N-dealkylation sites (tertiary alicyclic amines) is 2. The number of amides is 2. The van der Waals surface area contributed by atoms with Crippen molar-refractivity contribution in [1.29, 1.82) is 0 Å². The van der Waals surface area contributed by atoms with Gasteiger partial charge in [-0.05, 0) is 69.1 Å². The number of carbonyl (C=O) groups is 2. The van der Waals surface area contributed by atoms with Crippen LogP contribution < -0.4 is 0 Å². The molecule has 6 heteroatoms. The lowest BCUT2D eigenvalue weighted by Crippen LogP contribution is -2.63. The maximum absolute atomic E-state index is 13.6. The second-order valence-electron chi connectivity index (χ2n) is 8.55. The Labute approximate surface area is 171 Å². The number of halogens is 1. The Kier molecular flexibility index (Phi) is 5.66. The van der Waals surface area contributed by atoms with Gasteiger partial charge in [0.05, 0.1) is 12.5 Å². The molecule has 0 aromatic heterocycles. The van der Waals surface area contributed by atoms with Crippen molar-refractivity contribution in [2.24, 2.45) is 0 Å². The summed E-state index contributed by atoms with van der Waals surface area (Å²) in [6.07, 6.45) is 6.64. The molecule has 1 unspecified atom stereocenters. The van der Waals surface area contributed by atoms with Gasteiger partial charge in [-0.25, -0.2) is 0 Å². The van der Waals surface area contributed by atoms with Gasteiger partial charge < -0.3 is 14.9 Å². The van der Waals surface area contributed by atoms with Gasteiger partial charge in [-0.1, -0.05) is 23.7 Å². The molecule has 0 bridgehead atoms. The van der Waals surface area contributed by atoms with Crippen LogP contribution in [0, 0.1) is 0 Å². The van der Waals surface area contributed by atoms with E-state index in [1.54, 1.807) is 6.07 Å². The van der Waals surface area contributed by atoms with Crippen LogP contribution in [-0.4, -0.2) is 57.5 Å². The number of hydrogen-bond donors (Lipinski definition) is 1. The standard InChI is InChI=1S/C22H29ClN2O3/c23-17-5-1-4-16(14-17)15-20(27)25-13-3-11-22(25)10-2-12-24(21(22)28)18-6-8-19(26)9-7-18/h1,4-5,14,18-19,26H,2-3,6-13,15H2. The highest BCUT2D eigenvalue weighted by atomic mass is 35.5. The van der Waals surface area contributed by atoms with Crippen molar-refractivity contribution in [1.82, 2.24) is 9.80 Å². The van der Waals surface area contributed by atoms with Crippen molar-refractivity contribution < 1.29 is 14.7 Å². The summed E-state index contributed by atoms with van der Waals surface area (Å²) in [5, 5.41) is 10.4. The summed E-state index contributed by atoms with van der Waals surface area (Å²) in [5.41, 5.74) is 0.227. The number of piperidine rings is 1. The summed E-state index contributed by atoms with van der Waals surface area (Å²) < 4.78 is 0. The number of aliphatic hydroxyl groups excluding tert-OH is 1. The number of carbonyl (C=O) groups excluding carboxylic acids is 2. The minimum absolute atomic E-state index is 0.0223. The average molecular weight is 405 g/mol. The van der Waals surface area contributed by atoms with E-state index in [0.29, 0.717) is 11.6 Å². The van der Waals surface area contributed by atoms with E-state index in [2.05, 4.69) is 0 Å². The van der Waals surface area contributed by atoms with E-state index in [-0.39, 0.29) is 30.4 Å². The Balaban J connectivity index is 1.51. The Morgan fingerprint density at radius 2 is 1.86 bits per heavy atom. The summed E-state index contributed by atoms with van der Waals surface area (Å²) >= 11 is 6.07. The first kappa shape index (κ1) is 19.7. The molecular formula is C22H29ClN2O3. The number of hydrogen-bond acceptors (Lipinski definition) is 3. The van der Waals surface area contributed by atoms with E-state index in [1.807, 2.05) is 28.0 Å². The van der Waals surface area contributed by atoms with Gasteiger partial charge in [0.1, 0.15) is 5.54 Å². The van der Waals surface area contributed by atoms with Crippen molar-refractivity contribution in [3.63, 3.8) is 0 Å². The van der Waals surface area contributed by atoms with Gasteiger partial charge >= 0.3 is 0 Å². The van der Waals surface area contributed by atoms with Crippen molar-refractivity contribution in [3.8, 4) is 0 Å². The lowest BCUT2D eigenvalue weighted by Gasteiger charge is -2.48. The molecule has 2 amide bonds. The lowest BCUT2D eigenvalue weighted by molar-refractivity contribution is -0.158. The van der Waals surface area contributed by atoms with Crippen LogP contribution in [0.2, 0.25) is 5.02 Å². The molecule has 28 heavy (non-hydrogen) atoms. The highest BCUT2D eigenvalue weighted by molar-refractivity contribution is 6.30. The summed E-state index contributed by atoms with van der Waals surface area (Å²) in [4.78, 5) is 30.6. The van der Waals surface area contributed by atoms with Gasteiger partial charge in [0.25, 0.3) is 0 Å². The molecule has 152 valence electrons. The molecule has 3 fully saturated rings. The fourth-order valence-electron chi connectivity index (χ4n) is 5.38. The van der Waals surface area contributed by atoms with Gasteiger partial charge in [0.15, 0.2) is 0 Å². The molecular weight excluding hydrogens is 376 g/mol. The summed E-state index contributed by atoms with van der Waals surface area (Å²) in [6, 6.07) is 7.60. The molecule has 2 heterocycles. The maximum atomic E-state index is 13.6. The van der Waals surface area contributed by atoms with Gasteiger partial charge in [-0.15, -0.1) is 0 Å². The SMILES string of the molecule is O=C(Cc1cccc(Cl)c1)N1CCCC12CCCN(C1CCC(O)CC1)C2=O. The van der Waals surface area contributed by atoms with Gasteiger partial charge in [-0.2, -0.15) is 0 Å². The monoisotopic (exact) mass is 404 g/mol. The van der Waals surface area contributed by atoms with Gasteiger partial charge in [0.2, 0.25) is 11.8 Å². The summed E-state index contributed by atoms with van der Waals surface area (Å²) in [7, 11) is 0. The molecule has 1 spiro atoms. The van der Waals surface area contributed by atoms with E-state index in [1.165, 1.54) is 0 Å². The summed E-state index contributed by atoms with van der Waals surface area (Å²) in [6.45, 7) is 1.43. The van der Waals surface area contributed by atoms with Crippen LogP contribution in [0.1, 0.15) is 56.9 Å². The van der Waals surface area contributed by atoms with Crippen LogP contribution in [0.5, 0.6) is 0 Å². The van der Waals surface area contributed by atoms with Crippen molar-refractivity contribution in [3.05, 3.63) is 34.9 Å². The average Bonchev–Trinajstić information content (AvgIpc) is 3.10. The molecule has 2 aliphatic heterocycles. The van der Waals surface area contributed by atoms with E-state index >= 15 is 0 Å². The largest absolute Gasteiger partial charge is 0.393 e. The quantitative estimate of drug-likeness (QED) is 0.841. The Morgan fingerprint density at radius 3 is 2.57 bits per heavy atom. The second kappa shape index (κ2) is 8.03. The first-order valence-corrected chi connectivity index (χ1v) is 10.9. The third-order valence-corrected chi connectivity index (χ3v) is 7.02. The van der Waals surface area contributed by atoms with E-state index < -0.39 is 5.54 Å². The topological polar surface area (TPSA) is 60.9 Å². The molecule has 1 aromatic rings. The third-order valence-electron chi connectivity index (χ3n) is 6.79. The number of rotatable bonds is 3. The zero-order valence-corrected chi connectivity index (χ0v) is 17.0. The van der Waals surface area contributed by atoms with Crippen molar-refractivity contribution in [2.75, 3.05) is 13.1 Å². The second-order valence-corrected chi connectivity index (χ2v) is 8.99. The van der Waals surface area contributed by atoms with E-state index in [9.17, 15) is 14.7 Å². The lowest BCUT2D eigenvalue weighted by atomic mass is 9.82. The minimum atomic E-state index is -0.663. The van der Waals surface area contributed by atoms with Crippen LogP contribution in [0.15, 0.2) is 24.3 Å². The first-order valence-electron chi connectivity index (χ1n) is 10.5.